The molecule has 0 saturated heterocycles. The number of anilines is 1. The van der Waals surface area contributed by atoms with Crippen LogP contribution in [-0.4, -0.2) is 17.0 Å². The van der Waals surface area contributed by atoms with Crippen LogP contribution in [0.3, 0.4) is 0 Å². The number of para-hydroxylation sites is 1. The molecule has 130 valence electrons. The van der Waals surface area contributed by atoms with E-state index in [9.17, 15) is 10.1 Å². The zero-order chi connectivity index (χ0) is 18.2. The summed E-state index contributed by atoms with van der Waals surface area (Å²) in [6.45, 7) is 4.01. The maximum absolute atomic E-state index is 11.2. The molecule has 0 bridgehead atoms. The Bertz CT molecular complexity index is 786. The molecule has 0 aliphatic rings. The molecule has 0 fully saturated rings. The van der Waals surface area contributed by atoms with Gasteiger partial charge in [-0.3, -0.25) is 15.1 Å². The van der Waals surface area contributed by atoms with Crippen LogP contribution in [0, 0.1) is 10.1 Å². The van der Waals surface area contributed by atoms with Crippen LogP contribution >= 0.6 is 0 Å². The van der Waals surface area contributed by atoms with Crippen molar-refractivity contribution < 1.29 is 9.66 Å². The number of nitrogens with zero attached hydrogens (tertiary/aromatic N) is 3. The molecule has 1 aromatic heterocycles. The van der Waals surface area contributed by atoms with E-state index in [-0.39, 0.29) is 11.4 Å². The maximum atomic E-state index is 11.2. The molecular formula is C19H21N3O3. The minimum atomic E-state index is -0.503. The Morgan fingerprint density at radius 1 is 1.32 bits per heavy atom. The number of benzene rings is 1. The summed E-state index contributed by atoms with van der Waals surface area (Å²) in [5.74, 6) is 0.640. The second-order valence-corrected chi connectivity index (χ2v) is 5.44. The lowest BCUT2D eigenvalue weighted by Crippen LogP contribution is -2.21. The molecule has 25 heavy (non-hydrogen) atoms. The number of hydrogen-bond donors (Lipinski definition) is 0. The summed E-state index contributed by atoms with van der Waals surface area (Å²) >= 11 is 0. The summed E-state index contributed by atoms with van der Waals surface area (Å²) in [5.41, 5.74) is 1.75. The molecule has 0 saturated carbocycles. The van der Waals surface area contributed by atoms with Crippen LogP contribution in [0.5, 0.6) is 5.75 Å². The first-order chi connectivity index (χ1) is 12.0. The molecule has 0 amide bonds. The van der Waals surface area contributed by atoms with Gasteiger partial charge in [0.1, 0.15) is 6.20 Å². The Labute approximate surface area is 147 Å². The van der Waals surface area contributed by atoms with E-state index >= 15 is 0 Å². The number of ether oxygens (including phenoxy) is 1. The highest BCUT2D eigenvalue weighted by atomic mass is 16.6. The van der Waals surface area contributed by atoms with Gasteiger partial charge >= 0.3 is 5.69 Å². The van der Waals surface area contributed by atoms with Gasteiger partial charge in [-0.15, -0.1) is 0 Å². The number of pyridine rings is 1. The van der Waals surface area contributed by atoms with E-state index < -0.39 is 4.92 Å². The van der Waals surface area contributed by atoms with Crippen LogP contribution in [-0.2, 0) is 0 Å². The van der Waals surface area contributed by atoms with E-state index in [0.717, 1.165) is 17.7 Å². The molecule has 0 aliphatic carbocycles. The predicted octanol–water partition coefficient (Wildman–Crippen LogP) is 4.70. The van der Waals surface area contributed by atoms with Gasteiger partial charge < -0.3 is 9.64 Å². The summed E-state index contributed by atoms with van der Waals surface area (Å²) in [5, 5.41) is 11.2. The fourth-order valence-electron chi connectivity index (χ4n) is 2.26. The van der Waals surface area contributed by atoms with E-state index in [0.29, 0.717) is 5.88 Å². The minimum Gasteiger partial charge on any atom is -0.433 e. The molecule has 2 aromatic rings. The zero-order valence-corrected chi connectivity index (χ0v) is 14.5. The molecule has 0 aliphatic heterocycles. The first kappa shape index (κ1) is 18.2. The lowest BCUT2D eigenvalue weighted by Gasteiger charge is -2.22. The molecule has 2 rings (SSSR count). The minimum absolute atomic E-state index is 0.151. The highest BCUT2D eigenvalue weighted by Gasteiger charge is 2.18. The maximum Gasteiger partial charge on any atom is 0.329 e. The normalized spacial score (nSPS) is 12.0. The van der Waals surface area contributed by atoms with Crippen molar-refractivity contribution in [3.63, 3.8) is 0 Å². The average molecular weight is 339 g/mol. The zero-order valence-electron chi connectivity index (χ0n) is 14.5. The smallest absolute Gasteiger partial charge is 0.329 e. The van der Waals surface area contributed by atoms with E-state index in [1.54, 1.807) is 0 Å². The summed E-state index contributed by atoms with van der Waals surface area (Å²) in [6.07, 6.45) is 7.46. The molecule has 0 spiro atoms. The van der Waals surface area contributed by atoms with Gasteiger partial charge in [0.15, 0.2) is 0 Å². The third kappa shape index (κ3) is 4.91. The molecule has 1 aromatic carbocycles. The quantitative estimate of drug-likeness (QED) is 0.316. The van der Waals surface area contributed by atoms with Crippen LogP contribution in [0.1, 0.15) is 20.3 Å². The van der Waals surface area contributed by atoms with Gasteiger partial charge in [-0.2, -0.15) is 0 Å². The average Bonchev–Trinajstić information content (AvgIpc) is 2.61. The van der Waals surface area contributed by atoms with Crippen molar-refractivity contribution in [1.82, 2.24) is 4.98 Å². The molecule has 0 radical (unpaired) electrons. The second-order valence-electron chi connectivity index (χ2n) is 5.44. The van der Waals surface area contributed by atoms with Gasteiger partial charge in [-0.05, 0) is 31.1 Å². The van der Waals surface area contributed by atoms with Gasteiger partial charge in [-0.25, -0.2) is 0 Å². The van der Waals surface area contributed by atoms with E-state index in [2.05, 4.69) is 11.1 Å². The molecule has 1 heterocycles. The van der Waals surface area contributed by atoms with Crippen LogP contribution in [0.15, 0.2) is 72.4 Å². The van der Waals surface area contributed by atoms with Crippen LogP contribution < -0.4 is 9.64 Å². The third-order valence-corrected chi connectivity index (χ3v) is 3.52. The third-order valence-electron chi connectivity index (χ3n) is 3.52. The lowest BCUT2D eigenvalue weighted by molar-refractivity contribution is -0.386. The van der Waals surface area contributed by atoms with Crippen molar-refractivity contribution >= 4 is 11.4 Å². The standard InChI is InChI=1S/C19H21N3O3/c1-4-8-15(2)13-19(21(3)16-9-6-5-7-10-16)25-18-11-12-20-14-17(18)22(23)24/h5-14H,4H2,1-3H3/b15-8+,19-13+. The highest BCUT2D eigenvalue weighted by Crippen LogP contribution is 2.29. The summed E-state index contributed by atoms with van der Waals surface area (Å²) < 4.78 is 5.90. The number of rotatable bonds is 7. The van der Waals surface area contributed by atoms with Crippen molar-refractivity contribution in [2.24, 2.45) is 0 Å². The largest absolute Gasteiger partial charge is 0.433 e. The van der Waals surface area contributed by atoms with Crippen molar-refractivity contribution in [2.75, 3.05) is 11.9 Å². The Morgan fingerprint density at radius 2 is 2.04 bits per heavy atom. The monoisotopic (exact) mass is 339 g/mol. The Morgan fingerprint density at radius 3 is 2.68 bits per heavy atom. The van der Waals surface area contributed by atoms with Gasteiger partial charge in [0, 0.05) is 31.1 Å². The second kappa shape index (κ2) is 8.63. The molecular weight excluding hydrogens is 318 g/mol. The molecule has 6 nitrogen and oxygen atoms in total. The molecule has 6 heteroatoms. The van der Waals surface area contributed by atoms with Gasteiger partial charge in [0.2, 0.25) is 11.6 Å². The first-order valence-electron chi connectivity index (χ1n) is 7.96. The van der Waals surface area contributed by atoms with Crippen molar-refractivity contribution in [1.29, 1.82) is 0 Å². The van der Waals surface area contributed by atoms with Crippen molar-refractivity contribution in [3.05, 3.63) is 82.5 Å². The van der Waals surface area contributed by atoms with Crippen LogP contribution in [0.4, 0.5) is 11.4 Å². The number of nitro groups is 1. The van der Waals surface area contributed by atoms with Crippen molar-refractivity contribution in [2.45, 2.75) is 20.3 Å². The summed E-state index contributed by atoms with van der Waals surface area (Å²) in [4.78, 5) is 16.4. The van der Waals surface area contributed by atoms with Gasteiger partial charge in [-0.1, -0.05) is 31.2 Å². The van der Waals surface area contributed by atoms with Crippen molar-refractivity contribution in [3.8, 4) is 5.75 Å². The lowest BCUT2D eigenvalue weighted by atomic mass is 10.2. The predicted molar refractivity (Wildman–Crippen MR) is 98.5 cm³/mol. The van der Waals surface area contributed by atoms with E-state index in [4.69, 9.17) is 4.74 Å². The van der Waals surface area contributed by atoms with E-state index in [1.165, 1.54) is 18.5 Å². The fraction of sp³-hybridized carbons (Fsp3) is 0.211. The first-order valence-corrected chi connectivity index (χ1v) is 7.96. The molecule has 0 unspecified atom stereocenters. The molecule has 0 N–H and O–H groups in total. The Kier molecular flexibility index (Phi) is 6.28. The van der Waals surface area contributed by atoms with Crippen LogP contribution in [0.2, 0.25) is 0 Å². The topological polar surface area (TPSA) is 68.5 Å². The van der Waals surface area contributed by atoms with Crippen LogP contribution in [0.25, 0.3) is 0 Å². The summed E-state index contributed by atoms with van der Waals surface area (Å²) in [6, 6.07) is 11.1. The van der Waals surface area contributed by atoms with Gasteiger partial charge in [0.05, 0.1) is 4.92 Å². The SMILES string of the molecule is CC/C=C(C)/C=C(/Oc1ccncc1[N+](=O)[O-])N(C)c1ccccc1. The number of aromatic nitrogens is 1. The van der Waals surface area contributed by atoms with E-state index in [1.807, 2.05) is 62.2 Å². The summed E-state index contributed by atoms with van der Waals surface area (Å²) in [7, 11) is 1.85. The Hall–Kier alpha value is -3.15. The molecule has 0 atom stereocenters. The highest BCUT2D eigenvalue weighted by molar-refractivity contribution is 5.52. The van der Waals surface area contributed by atoms with Gasteiger partial charge in [0.25, 0.3) is 0 Å². The number of allylic oxidation sites excluding steroid dienone is 3. The Balaban J connectivity index is 2.43. The number of hydrogen-bond acceptors (Lipinski definition) is 5. The fourth-order valence-corrected chi connectivity index (χ4v) is 2.26.